The molecule has 92 valence electrons. The fourth-order valence-corrected chi connectivity index (χ4v) is 1.60. The van der Waals surface area contributed by atoms with Crippen molar-refractivity contribution in [2.24, 2.45) is 0 Å². The summed E-state index contributed by atoms with van der Waals surface area (Å²) in [6.07, 6.45) is -0.548. The molecule has 1 aromatic rings. The first-order valence-electron chi connectivity index (χ1n) is 5.67. The van der Waals surface area contributed by atoms with Crippen LogP contribution in [0.1, 0.15) is 32.4 Å². The zero-order chi connectivity index (χ0) is 12.8. The topological polar surface area (TPSA) is 45.0 Å². The molecule has 2 atom stereocenters. The Labute approximate surface area is 101 Å². The van der Waals surface area contributed by atoms with Gasteiger partial charge in [0.05, 0.1) is 0 Å². The van der Waals surface area contributed by atoms with E-state index in [0.29, 0.717) is 5.75 Å². The Kier molecular flexibility index (Phi) is 4.92. The molecule has 4 heteroatoms. The van der Waals surface area contributed by atoms with Crippen molar-refractivity contribution in [3.05, 3.63) is 29.6 Å². The molecule has 1 aromatic carbocycles. The molecule has 0 radical (unpaired) electrons. The molecule has 2 unspecified atom stereocenters. The molecule has 0 aliphatic carbocycles. The van der Waals surface area contributed by atoms with E-state index in [-0.39, 0.29) is 11.9 Å². The number of ether oxygens (including phenoxy) is 1. The molecule has 0 aliphatic rings. The van der Waals surface area contributed by atoms with E-state index in [1.54, 1.807) is 13.0 Å². The Hall–Kier alpha value is -1.60. The van der Waals surface area contributed by atoms with Gasteiger partial charge >= 0.3 is 0 Å². The number of nitriles is 1. The molecule has 0 fully saturated rings. The molecule has 0 spiro atoms. The molecule has 0 aromatic heterocycles. The third-order valence-corrected chi connectivity index (χ3v) is 2.43. The molecule has 0 saturated carbocycles. The largest absolute Gasteiger partial charge is 0.476 e. The van der Waals surface area contributed by atoms with Gasteiger partial charge < -0.3 is 10.1 Å². The van der Waals surface area contributed by atoms with Gasteiger partial charge in [0.25, 0.3) is 0 Å². The number of rotatable bonds is 5. The van der Waals surface area contributed by atoms with Crippen molar-refractivity contribution in [2.45, 2.75) is 32.9 Å². The van der Waals surface area contributed by atoms with Gasteiger partial charge in [-0.15, -0.1) is 0 Å². The minimum Gasteiger partial charge on any atom is -0.476 e. The summed E-state index contributed by atoms with van der Waals surface area (Å²) in [5.41, 5.74) is 0.731. The van der Waals surface area contributed by atoms with Crippen LogP contribution in [0.4, 0.5) is 4.39 Å². The van der Waals surface area contributed by atoms with Crippen molar-refractivity contribution in [1.82, 2.24) is 5.32 Å². The minimum absolute atomic E-state index is 0.0170. The molecule has 17 heavy (non-hydrogen) atoms. The molecule has 1 N–H and O–H groups in total. The van der Waals surface area contributed by atoms with Gasteiger partial charge in [-0.2, -0.15) is 5.26 Å². The lowest BCUT2D eigenvalue weighted by atomic mass is 10.1. The van der Waals surface area contributed by atoms with Gasteiger partial charge in [0.1, 0.15) is 17.6 Å². The Morgan fingerprint density at radius 3 is 2.76 bits per heavy atom. The second-order valence-corrected chi connectivity index (χ2v) is 3.85. The molecule has 0 saturated heterocycles. The number of nitrogens with one attached hydrogen (secondary N) is 1. The van der Waals surface area contributed by atoms with Crippen molar-refractivity contribution in [3.8, 4) is 11.8 Å². The van der Waals surface area contributed by atoms with Crippen LogP contribution in [0.3, 0.4) is 0 Å². The first-order chi connectivity index (χ1) is 8.08. The van der Waals surface area contributed by atoms with E-state index < -0.39 is 6.10 Å². The van der Waals surface area contributed by atoms with E-state index in [4.69, 9.17) is 10.00 Å². The van der Waals surface area contributed by atoms with E-state index in [2.05, 4.69) is 5.32 Å². The molecule has 0 bridgehead atoms. The normalized spacial score (nSPS) is 13.8. The SMILES string of the molecule is CCNC(C)c1cc(F)ccc1OC(C)C#N. The maximum atomic E-state index is 13.2. The average Bonchev–Trinajstić information content (AvgIpc) is 2.31. The van der Waals surface area contributed by atoms with E-state index >= 15 is 0 Å². The van der Waals surface area contributed by atoms with Crippen LogP contribution in [0, 0.1) is 17.1 Å². The van der Waals surface area contributed by atoms with Crippen LogP contribution in [0.15, 0.2) is 18.2 Å². The zero-order valence-corrected chi connectivity index (χ0v) is 10.3. The van der Waals surface area contributed by atoms with Crippen LogP contribution < -0.4 is 10.1 Å². The smallest absolute Gasteiger partial charge is 0.181 e. The quantitative estimate of drug-likeness (QED) is 0.855. The van der Waals surface area contributed by atoms with Crippen LogP contribution in [0.5, 0.6) is 5.75 Å². The van der Waals surface area contributed by atoms with Crippen molar-refractivity contribution < 1.29 is 9.13 Å². The van der Waals surface area contributed by atoms with Gasteiger partial charge in [-0.05, 0) is 38.6 Å². The van der Waals surface area contributed by atoms with E-state index in [9.17, 15) is 4.39 Å². The van der Waals surface area contributed by atoms with Crippen molar-refractivity contribution in [2.75, 3.05) is 6.54 Å². The second-order valence-electron chi connectivity index (χ2n) is 3.85. The first kappa shape index (κ1) is 13.5. The summed E-state index contributed by atoms with van der Waals surface area (Å²) in [7, 11) is 0. The lowest BCUT2D eigenvalue weighted by Crippen LogP contribution is -2.20. The predicted molar refractivity (Wildman–Crippen MR) is 64.2 cm³/mol. The molecular weight excluding hydrogens is 219 g/mol. The summed E-state index contributed by atoms with van der Waals surface area (Å²) in [6.45, 7) is 6.35. The Morgan fingerprint density at radius 2 is 2.18 bits per heavy atom. The van der Waals surface area contributed by atoms with Crippen molar-refractivity contribution in [3.63, 3.8) is 0 Å². The summed E-state index contributed by atoms with van der Waals surface area (Å²) in [5, 5.41) is 11.9. The molecular formula is C13H17FN2O. The highest BCUT2D eigenvalue weighted by atomic mass is 19.1. The van der Waals surface area contributed by atoms with Gasteiger partial charge in [-0.1, -0.05) is 6.92 Å². The number of benzene rings is 1. The monoisotopic (exact) mass is 236 g/mol. The Balaban J connectivity index is 2.99. The Morgan fingerprint density at radius 1 is 1.47 bits per heavy atom. The maximum Gasteiger partial charge on any atom is 0.181 e. The van der Waals surface area contributed by atoms with E-state index in [1.807, 2.05) is 19.9 Å². The summed E-state index contributed by atoms with van der Waals surface area (Å²) >= 11 is 0. The Bertz CT molecular complexity index is 414. The van der Waals surface area contributed by atoms with E-state index in [0.717, 1.165) is 12.1 Å². The van der Waals surface area contributed by atoms with Crippen molar-refractivity contribution >= 4 is 0 Å². The predicted octanol–water partition coefficient (Wildman–Crippen LogP) is 2.79. The van der Waals surface area contributed by atoms with Gasteiger partial charge in [0, 0.05) is 11.6 Å². The third-order valence-electron chi connectivity index (χ3n) is 2.43. The van der Waals surface area contributed by atoms with Crippen molar-refractivity contribution in [1.29, 1.82) is 5.26 Å². The zero-order valence-electron chi connectivity index (χ0n) is 10.3. The van der Waals surface area contributed by atoms with Gasteiger partial charge in [0.15, 0.2) is 6.10 Å². The van der Waals surface area contributed by atoms with Crippen LogP contribution >= 0.6 is 0 Å². The molecule has 0 heterocycles. The standard InChI is InChI=1S/C13H17FN2O/c1-4-16-10(3)12-7-11(14)5-6-13(12)17-9(2)8-15/h5-7,9-10,16H,4H2,1-3H3. The highest BCUT2D eigenvalue weighted by Crippen LogP contribution is 2.26. The lowest BCUT2D eigenvalue weighted by Gasteiger charge is -2.18. The number of hydrogen-bond acceptors (Lipinski definition) is 3. The highest BCUT2D eigenvalue weighted by molar-refractivity contribution is 5.36. The van der Waals surface area contributed by atoms with Crippen LogP contribution in [0.25, 0.3) is 0 Å². The number of hydrogen-bond donors (Lipinski definition) is 1. The summed E-state index contributed by atoms with van der Waals surface area (Å²) in [6, 6.07) is 6.31. The van der Waals surface area contributed by atoms with Crippen LogP contribution in [-0.4, -0.2) is 12.6 Å². The number of nitrogens with zero attached hydrogens (tertiary/aromatic N) is 1. The van der Waals surface area contributed by atoms with Gasteiger partial charge in [0.2, 0.25) is 0 Å². The maximum absolute atomic E-state index is 13.2. The highest BCUT2D eigenvalue weighted by Gasteiger charge is 2.14. The fourth-order valence-electron chi connectivity index (χ4n) is 1.60. The van der Waals surface area contributed by atoms with Gasteiger partial charge in [-0.3, -0.25) is 0 Å². The molecule has 0 amide bonds. The summed E-state index contributed by atoms with van der Waals surface area (Å²) < 4.78 is 18.7. The summed E-state index contributed by atoms with van der Waals surface area (Å²) in [4.78, 5) is 0. The van der Waals surface area contributed by atoms with E-state index in [1.165, 1.54) is 12.1 Å². The minimum atomic E-state index is -0.548. The molecule has 0 aliphatic heterocycles. The number of halogens is 1. The van der Waals surface area contributed by atoms with Crippen LogP contribution in [0.2, 0.25) is 0 Å². The first-order valence-corrected chi connectivity index (χ1v) is 5.67. The van der Waals surface area contributed by atoms with Gasteiger partial charge in [-0.25, -0.2) is 4.39 Å². The molecule has 3 nitrogen and oxygen atoms in total. The fraction of sp³-hybridized carbons (Fsp3) is 0.462. The summed E-state index contributed by atoms with van der Waals surface area (Å²) in [5.74, 6) is 0.246. The average molecular weight is 236 g/mol. The second kappa shape index (κ2) is 6.21. The third kappa shape index (κ3) is 3.72. The molecule has 1 rings (SSSR count). The lowest BCUT2D eigenvalue weighted by molar-refractivity contribution is 0.270. The van der Waals surface area contributed by atoms with Crippen LogP contribution in [-0.2, 0) is 0 Å².